The molecule has 0 aliphatic heterocycles. The summed E-state index contributed by atoms with van der Waals surface area (Å²) in [5, 5.41) is 11.2. The smallest absolute Gasteiger partial charge is 0.239 e. The average Bonchev–Trinajstić information content (AvgIpc) is 2.94. The molecule has 2 N–H and O–H groups in total. The summed E-state index contributed by atoms with van der Waals surface area (Å²) in [4.78, 5) is 11.9. The second kappa shape index (κ2) is 4.73. The SMILES string of the molecule is COc1ccc(-c2nc(O)c3[nH]c4ccccc4c3n2)cc1. The van der Waals surface area contributed by atoms with Crippen LogP contribution in [-0.4, -0.2) is 27.2 Å². The number of aromatic hydroxyl groups is 1. The largest absolute Gasteiger partial charge is 0.497 e. The molecule has 0 aliphatic rings. The van der Waals surface area contributed by atoms with Gasteiger partial charge in [0.15, 0.2) is 5.82 Å². The molecule has 108 valence electrons. The lowest BCUT2D eigenvalue weighted by Gasteiger charge is -2.04. The molecule has 0 bridgehead atoms. The summed E-state index contributed by atoms with van der Waals surface area (Å²) in [5.74, 6) is 1.20. The van der Waals surface area contributed by atoms with E-state index in [1.54, 1.807) is 7.11 Å². The zero-order valence-electron chi connectivity index (χ0n) is 11.9. The van der Waals surface area contributed by atoms with Crippen molar-refractivity contribution in [1.82, 2.24) is 15.0 Å². The van der Waals surface area contributed by atoms with Crippen molar-refractivity contribution in [3.63, 3.8) is 0 Å². The highest BCUT2D eigenvalue weighted by atomic mass is 16.5. The second-order valence-corrected chi connectivity index (χ2v) is 4.99. The molecule has 5 nitrogen and oxygen atoms in total. The predicted octanol–water partition coefficient (Wildman–Crippen LogP) is 3.49. The monoisotopic (exact) mass is 291 g/mol. The maximum atomic E-state index is 10.2. The van der Waals surface area contributed by atoms with Crippen LogP contribution in [0, 0.1) is 0 Å². The van der Waals surface area contributed by atoms with Gasteiger partial charge in [-0.1, -0.05) is 18.2 Å². The molecule has 0 radical (unpaired) electrons. The molecule has 2 aromatic heterocycles. The van der Waals surface area contributed by atoms with Gasteiger partial charge in [0.05, 0.1) is 7.11 Å². The molecule has 0 atom stereocenters. The fraction of sp³-hybridized carbons (Fsp3) is 0.0588. The standard InChI is InChI=1S/C17H13N3O2/c1-22-11-8-6-10(7-9-11)16-19-14-12-4-2-3-5-13(12)18-15(14)17(21)20-16/h2-9,18H,1H3,(H,19,20,21). The molecule has 0 unspecified atom stereocenters. The van der Waals surface area contributed by atoms with Crippen LogP contribution in [-0.2, 0) is 0 Å². The molecule has 4 rings (SSSR count). The molecule has 22 heavy (non-hydrogen) atoms. The minimum absolute atomic E-state index is 0.0491. The number of nitrogens with zero attached hydrogens (tertiary/aromatic N) is 2. The lowest BCUT2D eigenvalue weighted by Crippen LogP contribution is -1.90. The van der Waals surface area contributed by atoms with Crippen LogP contribution in [0.1, 0.15) is 0 Å². The summed E-state index contributed by atoms with van der Waals surface area (Å²) in [5.41, 5.74) is 3.02. The fourth-order valence-corrected chi connectivity index (χ4v) is 2.56. The van der Waals surface area contributed by atoms with Gasteiger partial charge in [-0.05, 0) is 30.3 Å². The van der Waals surface area contributed by atoms with Crippen molar-refractivity contribution in [3.05, 3.63) is 48.5 Å². The molecule has 0 aliphatic carbocycles. The van der Waals surface area contributed by atoms with Crippen LogP contribution in [0.3, 0.4) is 0 Å². The number of rotatable bonds is 2. The number of H-pyrrole nitrogens is 1. The molecule has 2 aromatic carbocycles. The van der Waals surface area contributed by atoms with Crippen LogP contribution in [0.4, 0.5) is 0 Å². The van der Waals surface area contributed by atoms with Crippen LogP contribution in [0.5, 0.6) is 11.6 Å². The third kappa shape index (κ3) is 1.87. The van der Waals surface area contributed by atoms with E-state index in [-0.39, 0.29) is 5.88 Å². The summed E-state index contributed by atoms with van der Waals surface area (Å²) in [6.45, 7) is 0. The third-order valence-corrected chi connectivity index (χ3v) is 3.68. The number of nitrogens with one attached hydrogen (secondary N) is 1. The Morgan fingerprint density at radius 3 is 2.55 bits per heavy atom. The van der Waals surface area contributed by atoms with E-state index in [0.29, 0.717) is 16.9 Å². The first-order valence-electron chi connectivity index (χ1n) is 6.88. The van der Waals surface area contributed by atoms with Crippen molar-refractivity contribution in [2.24, 2.45) is 0 Å². The number of para-hydroxylation sites is 1. The Hall–Kier alpha value is -3.08. The first-order valence-corrected chi connectivity index (χ1v) is 6.88. The van der Waals surface area contributed by atoms with E-state index in [1.165, 1.54) is 0 Å². The number of ether oxygens (including phenoxy) is 1. The predicted molar refractivity (Wildman–Crippen MR) is 85.0 cm³/mol. The Morgan fingerprint density at radius 2 is 1.77 bits per heavy atom. The Bertz CT molecular complexity index is 974. The first-order chi connectivity index (χ1) is 10.8. The highest BCUT2D eigenvalue weighted by Gasteiger charge is 2.13. The maximum Gasteiger partial charge on any atom is 0.239 e. The average molecular weight is 291 g/mol. The van der Waals surface area contributed by atoms with Crippen LogP contribution >= 0.6 is 0 Å². The molecule has 0 saturated heterocycles. The van der Waals surface area contributed by atoms with E-state index in [4.69, 9.17) is 4.74 Å². The Balaban J connectivity index is 1.96. The zero-order chi connectivity index (χ0) is 15.1. The van der Waals surface area contributed by atoms with Gasteiger partial charge in [0.1, 0.15) is 16.8 Å². The summed E-state index contributed by atoms with van der Waals surface area (Å²) >= 11 is 0. The summed E-state index contributed by atoms with van der Waals surface area (Å²) < 4.78 is 5.15. The molecule has 0 amide bonds. The number of hydrogen-bond donors (Lipinski definition) is 2. The van der Waals surface area contributed by atoms with E-state index in [1.807, 2.05) is 48.5 Å². The lowest BCUT2D eigenvalue weighted by molar-refractivity contribution is 0.415. The quantitative estimate of drug-likeness (QED) is 0.593. The van der Waals surface area contributed by atoms with Gasteiger partial charge in [-0.3, -0.25) is 0 Å². The van der Waals surface area contributed by atoms with Crippen molar-refractivity contribution in [3.8, 4) is 23.0 Å². The number of aromatic amines is 1. The van der Waals surface area contributed by atoms with Crippen molar-refractivity contribution >= 4 is 21.9 Å². The van der Waals surface area contributed by atoms with Gasteiger partial charge in [-0.2, -0.15) is 4.98 Å². The van der Waals surface area contributed by atoms with Gasteiger partial charge in [-0.25, -0.2) is 4.98 Å². The molecule has 5 heteroatoms. The molecule has 0 saturated carbocycles. The highest BCUT2D eigenvalue weighted by Crippen LogP contribution is 2.31. The van der Waals surface area contributed by atoms with Crippen LogP contribution in [0.2, 0.25) is 0 Å². The highest BCUT2D eigenvalue weighted by molar-refractivity contribution is 6.06. The van der Waals surface area contributed by atoms with Gasteiger partial charge in [0, 0.05) is 16.5 Å². The van der Waals surface area contributed by atoms with Crippen molar-refractivity contribution in [2.75, 3.05) is 7.11 Å². The summed E-state index contributed by atoms with van der Waals surface area (Å²) in [6.07, 6.45) is 0. The van der Waals surface area contributed by atoms with Crippen LogP contribution in [0.15, 0.2) is 48.5 Å². The van der Waals surface area contributed by atoms with E-state index in [0.717, 1.165) is 22.2 Å². The van der Waals surface area contributed by atoms with Crippen molar-refractivity contribution < 1.29 is 9.84 Å². The van der Waals surface area contributed by atoms with Gasteiger partial charge < -0.3 is 14.8 Å². The van der Waals surface area contributed by atoms with E-state index in [2.05, 4.69) is 15.0 Å². The lowest BCUT2D eigenvalue weighted by atomic mass is 10.2. The van der Waals surface area contributed by atoms with E-state index < -0.39 is 0 Å². The van der Waals surface area contributed by atoms with Gasteiger partial charge in [0.25, 0.3) is 0 Å². The Kier molecular flexibility index (Phi) is 2.72. The van der Waals surface area contributed by atoms with Gasteiger partial charge >= 0.3 is 0 Å². The molecule has 0 spiro atoms. The van der Waals surface area contributed by atoms with Crippen LogP contribution in [0.25, 0.3) is 33.3 Å². The second-order valence-electron chi connectivity index (χ2n) is 4.99. The molecular formula is C17H13N3O2. The first kappa shape index (κ1) is 12.6. The minimum atomic E-state index is -0.0491. The van der Waals surface area contributed by atoms with Gasteiger partial charge in [0.2, 0.25) is 5.88 Å². The maximum absolute atomic E-state index is 10.2. The molecule has 4 aromatic rings. The van der Waals surface area contributed by atoms with Gasteiger partial charge in [-0.15, -0.1) is 0 Å². The molecular weight excluding hydrogens is 278 g/mol. The number of hydrogen-bond acceptors (Lipinski definition) is 4. The fourth-order valence-electron chi connectivity index (χ4n) is 2.56. The third-order valence-electron chi connectivity index (χ3n) is 3.68. The minimum Gasteiger partial charge on any atom is -0.497 e. The number of methoxy groups -OCH3 is 1. The zero-order valence-corrected chi connectivity index (χ0v) is 11.9. The number of benzene rings is 2. The van der Waals surface area contributed by atoms with Crippen molar-refractivity contribution in [2.45, 2.75) is 0 Å². The normalized spacial score (nSPS) is 11.1. The summed E-state index contributed by atoms with van der Waals surface area (Å²) in [7, 11) is 1.62. The Morgan fingerprint density at radius 1 is 1.00 bits per heavy atom. The van der Waals surface area contributed by atoms with Crippen molar-refractivity contribution in [1.29, 1.82) is 0 Å². The molecule has 0 fully saturated rings. The topological polar surface area (TPSA) is 71.0 Å². The van der Waals surface area contributed by atoms with E-state index in [9.17, 15) is 5.11 Å². The molecule has 2 heterocycles. The number of fused-ring (bicyclic) bond motifs is 3. The van der Waals surface area contributed by atoms with E-state index >= 15 is 0 Å². The Labute approximate surface area is 126 Å². The number of aromatic nitrogens is 3. The van der Waals surface area contributed by atoms with Crippen LogP contribution < -0.4 is 4.74 Å². The summed E-state index contributed by atoms with van der Waals surface area (Å²) in [6, 6.07) is 15.2.